The maximum Gasteiger partial charge on any atom is 0.0710 e. The van der Waals surface area contributed by atoms with Crippen LogP contribution in [0, 0.1) is 0 Å². The molecule has 1 atom stereocenters. The fourth-order valence-corrected chi connectivity index (χ4v) is 4.17. The first-order chi connectivity index (χ1) is 10.9. The van der Waals surface area contributed by atoms with E-state index >= 15 is 0 Å². The van der Waals surface area contributed by atoms with E-state index in [2.05, 4.69) is 50.2 Å². The highest BCUT2D eigenvalue weighted by Gasteiger charge is 2.31. The molecule has 2 fully saturated rings. The number of H-pyrrole nitrogens is 1. The minimum Gasteiger partial charge on any atom is -0.368 e. The third-order valence-corrected chi connectivity index (χ3v) is 5.32. The molecule has 3 aromatic rings. The normalized spacial score (nSPS) is 22.5. The summed E-state index contributed by atoms with van der Waals surface area (Å²) in [6.45, 7) is 4.77. The van der Waals surface area contributed by atoms with Gasteiger partial charge in [-0.3, -0.25) is 9.88 Å². The highest BCUT2D eigenvalue weighted by atomic mass is 15.3. The molecule has 4 heterocycles. The average molecular weight is 292 g/mol. The largest absolute Gasteiger partial charge is 0.368 e. The molecule has 0 amide bonds. The van der Waals surface area contributed by atoms with Gasteiger partial charge in [-0.1, -0.05) is 0 Å². The number of benzene rings is 1. The van der Waals surface area contributed by atoms with Crippen molar-refractivity contribution in [1.29, 1.82) is 0 Å². The van der Waals surface area contributed by atoms with E-state index in [0.29, 0.717) is 0 Å². The molecule has 0 bridgehead atoms. The molecule has 0 radical (unpaired) electrons. The van der Waals surface area contributed by atoms with E-state index in [1.807, 2.05) is 6.20 Å². The van der Waals surface area contributed by atoms with Crippen LogP contribution in [0.4, 0.5) is 5.69 Å². The van der Waals surface area contributed by atoms with Crippen molar-refractivity contribution in [3.8, 4) is 0 Å². The van der Waals surface area contributed by atoms with Crippen LogP contribution in [0.1, 0.15) is 12.8 Å². The second-order valence-corrected chi connectivity index (χ2v) is 6.54. The maximum absolute atomic E-state index is 4.47. The Hall–Kier alpha value is -2.07. The van der Waals surface area contributed by atoms with Crippen molar-refractivity contribution in [3.63, 3.8) is 0 Å². The van der Waals surface area contributed by atoms with Crippen LogP contribution in [0.3, 0.4) is 0 Å². The molecule has 0 aliphatic carbocycles. The molecular weight excluding hydrogens is 272 g/mol. The molecule has 1 aromatic carbocycles. The molecule has 112 valence electrons. The molecule has 2 aromatic heterocycles. The third kappa shape index (κ3) is 1.83. The van der Waals surface area contributed by atoms with E-state index in [1.54, 1.807) is 0 Å². The van der Waals surface area contributed by atoms with E-state index in [-0.39, 0.29) is 0 Å². The Morgan fingerprint density at radius 1 is 1.14 bits per heavy atom. The molecular formula is C18H20N4. The number of aromatic amines is 1. The summed E-state index contributed by atoms with van der Waals surface area (Å²) in [6.07, 6.45) is 6.67. The first-order valence-corrected chi connectivity index (χ1v) is 8.23. The Labute approximate surface area is 129 Å². The van der Waals surface area contributed by atoms with Gasteiger partial charge < -0.3 is 9.88 Å². The summed E-state index contributed by atoms with van der Waals surface area (Å²) in [7, 11) is 0. The zero-order valence-electron chi connectivity index (χ0n) is 12.6. The fraction of sp³-hybridized carbons (Fsp3) is 0.389. The van der Waals surface area contributed by atoms with Crippen molar-refractivity contribution in [2.45, 2.75) is 18.9 Å². The summed E-state index contributed by atoms with van der Waals surface area (Å²) in [5.41, 5.74) is 3.64. The second kappa shape index (κ2) is 4.71. The molecule has 1 unspecified atom stereocenters. The van der Waals surface area contributed by atoms with Crippen LogP contribution < -0.4 is 4.90 Å². The van der Waals surface area contributed by atoms with Gasteiger partial charge in [0.1, 0.15) is 0 Å². The zero-order chi connectivity index (χ0) is 14.5. The van der Waals surface area contributed by atoms with Gasteiger partial charge in [0.25, 0.3) is 0 Å². The predicted octanol–water partition coefficient (Wildman–Crippen LogP) is 3.00. The molecule has 22 heavy (non-hydrogen) atoms. The third-order valence-electron chi connectivity index (χ3n) is 5.32. The van der Waals surface area contributed by atoms with E-state index in [1.165, 1.54) is 47.9 Å². The lowest BCUT2D eigenvalue weighted by Crippen LogP contribution is -2.50. The van der Waals surface area contributed by atoms with Crippen molar-refractivity contribution in [1.82, 2.24) is 14.9 Å². The van der Waals surface area contributed by atoms with Crippen LogP contribution in [-0.2, 0) is 0 Å². The van der Waals surface area contributed by atoms with Gasteiger partial charge in [-0.2, -0.15) is 0 Å². The molecule has 5 rings (SSSR count). The second-order valence-electron chi connectivity index (χ2n) is 6.54. The van der Waals surface area contributed by atoms with Gasteiger partial charge >= 0.3 is 0 Å². The molecule has 0 spiro atoms. The van der Waals surface area contributed by atoms with Crippen LogP contribution in [0.2, 0.25) is 0 Å². The lowest BCUT2D eigenvalue weighted by molar-refractivity contribution is 0.231. The number of rotatable bonds is 1. The highest BCUT2D eigenvalue weighted by molar-refractivity contribution is 6.01. The molecule has 4 heteroatoms. The standard InChI is InChI=1S/C18H20N4/c1-2-14-12-22(9-8-21(14)7-1)18-4-6-20-17-10-13-3-5-19-16(13)11-15(17)18/h3-6,10-11,14,20H,1-2,7-9,12H2. The molecule has 0 saturated carbocycles. The molecule has 2 saturated heterocycles. The Bertz CT molecular complexity index is 837. The summed E-state index contributed by atoms with van der Waals surface area (Å²) in [6, 6.07) is 9.49. The van der Waals surface area contributed by atoms with Gasteiger partial charge in [0.05, 0.1) is 5.52 Å². The first-order valence-electron chi connectivity index (χ1n) is 8.23. The number of piperazine rings is 1. The van der Waals surface area contributed by atoms with Crippen molar-refractivity contribution < 1.29 is 0 Å². The number of anilines is 1. The van der Waals surface area contributed by atoms with Crippen LogP contribution in [-0.4, -0.2) is 47.1 Å². The number of hydrogen-bond acceptors (Lipinski definition) is 3. The number of nitrogens with zero attached hydrogens (tertiary/aromatic N) is 3. The average Bonchev–Trinajstić information content (AvgIpc) is 3.19. The van der Waals surface area contributed by atoms with Crippen LogP contribution in [0.5, 0.6) is 0 Å². The summed E-state index contributed by atoms with van der Waals surface area (Å²) < 4.78 is 0. The molecule has 2 aliphatic heterocycles. The SMILES string of the molecule is c1cc2cc3[nH]ccc(N4CCN5CCCC5C4)c3cc2n1. The fourth-order valence-electron chi connectivity index (χ4n) is 4.17. The predicted molar refractivity (Wildman–Crippen MR) is 90.4 cm³/mol. The van der Waals surface area contributed by atoms with Gasteiger partial charge in [-0.05, 0) is 43.7 Å². The minimum absolute atomic E-state index is 0.744. The number of hydrogen-bond donors (Lipinski definition) is 1. The summed E-state index contributed by atoms with van der Waals surface area (Å²) in [5, 5.41) is 2.50. The van der Waals surface area contributed by atoms with Gasteiger partial charge in [-0.15, -0.1) is 0 Å². The molecule has 4 nitrogen and oxygen atoms in total. The zero-order valence-corrected chi connectivity index (χ0v) is 12.6. The van der Waals surface area contributed by atoms with E-state index in [0.717, 1.165) is 24.6 Å². The van der Waals surface area contributed by atoms with Gasteiger partial charge in [0.2, 0.25) is 0 Å². The Balaban J connectivity index is 1.61. The molecule has 1 N–H and O–H groups in total. The van der Waals surface area contributed by atoms with Crippen LogP contribution in [0.15, 0.2) is 36.7 Å². The van der Waals surface area contributed by atoms with Gasteiger partial charge in [0, 0.05) is 60.0 Å². The first kappa shape index (κ1) is 12.5. The minimum atomic E-state index is 0.744. The van der Waals surface area contributed by atoms with E-state index in [4.69, 9.17) is 0 Å². The number of pyridine rings is 1. The van der Waals surface area contributed by atoms with Gasteiger partial charge in [0.15, 0.2) is 0 Å². The Morgan fingerprint density at radius 3 is 3.14 bits per heavy atom. The smallest absolute Gasteiger partial charge is 0.0710 e. The molecule has 2 aliphatic rings. The maximum atomic E-state index is 4.47. The van der Waals surface area contributed by atoms with E-state index in [9.17, 15) is 0 Å². The quantitative estimate of drug-likeness (QED) is 0.749. The van der Waals surface area contributed by atoms with E-state index < -0.39 is 0 Å². The Morgan fingerprint density at radius 2 is 2.14 bits per heavy atom. The van der Waals surface area contributed by atoms with Crippen molar-refractivity contribution in [3.05, 3.63) is 36.7 Å². The van der Waals surface area contributed by atoms with Gasteiger partial charge in [-0.25, -0.2) is 0 Å². The van der Waals surface area contributed by atoms with Crippen molar-refractivity contribution in [2.75, 3.05) is 31.1 Å². The topological polar surface area (TPSA) is 35.2 Å². The Kier molecular flexibility index (Phi) is 2.67. The number of fused-ring (bicyclic) bond motifs is 3. The lowest BCUT2D eigenvalue weighted by Gasteiger charge is -2.39. The number of aromatic nitrogens is 2. The monoisotopic (exact) mass is 292 g/mol. The highest BCUT2D eigenvalue weighted by Crippen LogP contribution is 2.32. The summed E-state index contributed by atoms with van der Waals surface area (Å²) in [5.74, 6) is 0. The van der Waals surface area contributed by atoms with Crippen molar-refractivity contribution in [2.24, 2.45) is 0 Å². The summed E-state index contributed by atoms with van der Waals surface area (Å²) >= 11 is 0. The van der Waals surface area contributed by atoms with Crippen LogP contribution in [0.25, 0.3) is 21.8 Å². The summed E-state index contributed by atoms with van der Waals surface area (Å²) in [4.78, 5) is 13.1. The van der Waals surface area contributed by atoms with Crippen LogP contribution >= 0.6 is 0 Å². The van der Waals surface area contributed by atoms with Crippen molar-refractivity contribution >= 4 is 27.5 Å². The number of nitrogens with one attached hydrogen (secondary N) is 1. The lowest BCUT2D eigenvalue weighted by atomic mass is 10.1.